The van der Waals surface area contributed by atoms with Gasteiger partial charge in [0.2, 0.25) is 0 Å². The number of rotatable bonds is 4. The molecule has 2 bridgehead atoms. The predicted octanol–water partition coefficient (Wildman–Crippen LogP) is 3.60. The van der Waals surface area contributed by atoms with Crippen LogP contribution in [0, 0.1) is 12.8 Å². The summed E-state index contributed by atoms with van der Waals surface area (Å²) in [6, 6.07) is 5.22. The Labute approximate surface area is 178 Å². The summed E-state index contributed by atoms with van der Waals surface area (Å²) in [5.74, 6) is 0.273. The zero-order valence-electron chi connectivity index (χ0n) is 14.9. The van der Waals surface area contributed by atoms with Gasteiger partial charge in [0.25, 0.3) is 0 Å². The number of thiazole rings is 1. The molecular formula is C18H20ClN2NaO3S. The first-order chi connectivity index (χ1) is 12.6. The van der Waals surface area contributed by atoms with Crippen LogP contribution in [0.25, 0.3) is 10.6 Å². The number of halogens is 1. The van der Waals surface area contributed by atoms with Gasteiger partial charge in [-0.05, 0) is 57.0 Å². The Bertz CT molecular complexity index is 778. The first-order valence-corrected chi connectivity index (χ1v) is 12.5. The van der Waals surface area contributed by atoms with Crippen molar-refractivity contribution >= 4 is 51.9 Å². The van der Waals surface area contributed by atoms with Gasteiger partial charge in [-0.25, -0.2) is 9.78 Å². The van der Waals surface area contributed by atoms with E-state index in [1.807, 2.05) is 13.0 Å². The van der Waals surface area contributed by atoms with Crippen LogP contribution in [0.1, 0.15) is 28.1 Å². The number of hydrogen-bond donors (Lipinski definition) is 1. The van der Waals surface area contributed by atoms with Gasteiger partial charge in [0.15, 0.2) is 0 Å². The molecule has 0 spiro atoms. The van der Waals surface area contributed by atoms with E-state index in [2.05, 4.69) is 9.88 Å². The van der Waals surface area contributed by atoms with Gasteiger partial charge in [0, 0.05) is 23.2 Å². The number of aromatic carboxylic acids is 1. The summed E-state index contributed by atoms with van der Waals surface area (Å²) in [7, 11) is 4.78. The van der Waals surface area contributed by atoms with Crippen LogP contribution in [-0.4, -0.2) is 73.3 Å². The number of aryl methyl sites for hydroxylation is 1. The number of carboxylic acids is 1. The Balaban J connectivity index is 0.000000948. The van der Waals surface area contributed by atoms with Gasteiger partial charge < -0.3 is 9.84 Å². The van der Waals surface area contributed by atoms with Crippen molar-refractivity contribution in [1.29, 1.82) is 0 Å². The van der Waals surface area contributed by atoms with Crippen LogP contribution >= 0.6 is 19.2 Å². The quantitative estimate of drug-likeness (QED) is 0.792. The predicted molar refractivity (Wildman–Crippen MR) is 104 cm³/mol. The van der Waals surface area contributed by atoms with Crippen molar-refractivity contribution in [2.45, 2.75) is 25.9 Å². The van der Waals surface area contributed by atoms with Gasteiger partial charge in [0.1, 0.15) is 16.9 Å². The van der Waals surface area contributed by atoms with Crippen molar-refractivity contribution in [3.05, 3.63) is 34.8 Å². The second-order valence-electron chi connectivity index (χ2n) is 6.62. The number of carbonyl (C=O) groups is 1. The van der Waals surface area contributed by atoms with Crippen LogP contribution in [0.2, 0.25) is 0 Å². The third kappa shape index (κ3) is 4.61. The SMILES string of the molecule is Cc1cnc(-c2cc(O[C@@H]3CN4CCC3CC4)cc(C(=O)O)c2)s1.[Na][Cl]. The van der Waals surface area contributed by atoms with Crippen LogP contribution in [0.3, 0.4) is 0 Å². The molecule has 1 aromatic carbocycles. The van der Waals surface area contributed by atoms with E-state index >= 15 is 0 Å². The molecule has 0 aliphatic carbocycles. The molecule has 134 valence electrons. The zero-order valence-corrected chi connectivity index (χ0v) is 18.5. The molecule has 0 unspecified atom stereocenters. The Kier molecular flexibility index (Phi) is 6.99. The van der Waals surface area contributed by atoms with Gasteiger partial charge in [0.05, 0.1) is 5.56 Å². The Hall–Kier alpha value is -0.630. The summed E-state index contributed by atoms with van der Waals surface area (Å²) in [5.41, 5.74) is 1.06. The second-order valence-corrected chi connectivity index (χ2v) is 7.86. The fourth-order valence-corrected chi connectivity index (χ4v) is 4.37. The van der Waals surface area contributed by atoms with Crippen molar-refractivity contribution in [2.24, 2.45) is 5.92 Å². The molecule has 3 aliphatic rings. The van der Waals surface area contributed by atoms with Crippen LogP contribution in [0.15, 0.2) is 24.4 Å². The van der Waals surface area contributed by atoms with Gasteiger partial charge in [-0.1, -0.05) is 0 Å². The standard InChI is InChI=1S/C18H20N2O3S.ClH.Na/c1-11-9-19-17(24-11)13-6-14(18(21)22)8-15(7-13)23-16-10-20-4-2-12(16)3-5-20;;/h6-9,12,16H,2-5,10H2,1H3,(H,21,22);1H;/q;;+1/p-1/t16-;;/m1../s1. The van der Waals surface area contributed by atoms with Gasteiger partial charge >= 0.3 is 40.5 Å². The molecule has 0 amide bonds. The normalized spacial score (nSPS) is 23.9. The molecule has 0 saturated carbocycles. The van der Waals surface area contributed by atoms with Crippen molar-refractivity contribution in [3.8, 4) is 16.3 Å². The van der Waals surface area contributed by atoms with E-state index < -0.39 is 5.97 Å². The molecule has 0 radical (unpaired) electrons. The average molecular weight is 403 g/mol. The number of benzene rings is 1. The van der Waals surface area contributed by atoms with Crippen molar-refractivity contribution in [2.75, 3.05) is 19.6 Å². The zero-order chi connectivity index (χ0) is 18.7. The van der Waals surface area contributed by atoms with Crippen LogP contribution in [0.5, 0.6) is 5.75 Å². The molecule has 1 N–H and O–H groups in total. The minimum atomic E-state index is -0.941. The van der Waals surface area contributed by atoms with E-state index in [-0.39, 0.29) is 11.7 Å². The van der Waals surface area contributed by atoms with Gasteiger partial charge in [-0.3, -0.25) is 4.90 Å². The Morgan fingerprint density at radius 2 is 2.08 bits per heavy atom. The maximum atomic E-state index is 11.5. The molecule has 3 aliphatic heterocycles. The van der Waals surface area contributed by atoms with Crippen molar-refractivity contribution in [3.63, 3.8) is 0 Å². The first-order valence-electron chi connectivity index (χ1n) is 8.66. The Morgan fingerprint density at radius 3 is 2.62 bits per heavy atom. The fraction of sp³-hybridized carbons (Fsp3) is 0.444. The summed E-state index contributed by atoms with van der Waals surface area (Å²) in [6.07, 6.45) is 4.30. The van der Waals surface area contributed by atoms with Gasteiger partial charge in [-0.2, -0.15) is 0 Å². The molecule has 3 saturated heterocycles. The molecule has 1 aromatic heterocycles. The molecule has 4 heterocycles. The van der Waals surface area contributed by atoms with E-state index in [9.17, 15) is 9.90 Å². The third-order valence-corrected chi connectivity index (χ3v) is 5.87. The topological polar surface area (TPSA) is 62.7 Å². The van der Waals surface area contributed by atoms with E-state index in [4.69, 9.17) is 12.6 Å². The molecule has 8 heteroatoms. The van der Waals surface area contributed by atoms with Gasteiger partial charge in [-0.15, -0.1) is 11.3 Å². The second kappa shape index (κ2) is 9.04. The monoisotopic (exact) mass is 402 g/mol. The van der Waals surface area contributed by atoms with E-state index in [0.717, 1.165) is 61.7 Å². The maximum absolute atomic E-state index is 11.5. The number of nitrogens with zero attached hydrogens (tertiary/aromatic N) is 2. The van der Waals surface area contributed by atoms with Crippen LogP contribution in [0.4, 0.5) is 0 Å². The summed E-state index contributed by atoms with van der Waals surface area (Å²) in [6.45, 7) is 5.24. The van der Waals surface area contributed by atoms with E-state index in [0.29, 0.717) is 11.7 Å². The summed E-state index contributed by atoms with van der Waals surface area (Å²) in [5, 5.41) is 10.2. The first kappa shape index (κ1) is 20.1. The van der Waals surface area contributed by atoms with E-state index in [1.54, 1.807) is 29.7 Å². The Morgan fingerprint density at radius 1 is 1.35 bits per heavy atom. The molecule has 3 fully saturated rings. The van der Waals surface area contributed by atoms with E-state index in [1.165, 1.54) is 12.8 Å². The average Bonchev–Trinajstić information content (AvgIpc) is 3.10. The molecule has 2 aromatic rings. The number of piperidine rings is 3. The minimum absolute atomic E-state index is 0.155. The third-order valence-electron chi connectivity index (χ3n) is 4.91. The summed E-state index contributed by atoms with van der Waals surface area (Å²) < 4.78 is 6.22. The molecule has 5 rings (SSSR count). The molecular weight excluding hydrogens is 383 g/mol. The number of carboxylic acid groups (broad SMARTS) is 1. The van der Waals surface area contributed by atoms with Crippen molar-refractivity contribution in [1.82, 2.24) is 9.88 Å². The molecule has 26 heavy (non-hydrogen) atoms. The number of aromatic nitrogens is 1. The fourth-order valence-electron chi connectivity index (χ4n) is 3.62. The number of hydrogen-bond acceptors (Lipinski definition) is 5. The van der Waals surface area contributed by atoms with Crippen LogP contribution in [-0.2, 0) is 0 Å². The number of fused-ring (bicyclic) bond motifs is 3. The summed E-state index contributed by atoms with van der Waals surface area (Å²) in [4.78, 5) is 19.4. The summed E-state index contributed by atoms with van der Waals surface area (Å²) >= 11 is 2.34. The van der Waals surface area contributed by atoms with Crippen molar-refractivity contribution < 1.29 is 14.6 Å². The van der Waals surface area contributed by atoms with Crippen LogP contribution < -0.4 is 4.74 Å². The molecule has 1 atom stereocenters. The number of ether oxygens (including phenoxy) is 1. The molecule has 5 nitrogen and oxygen atoms in total.